The fraction of sp³-hybridized carbons (Fsp3) is 0.167. The summed E-state index contributed by atoms with van der Waals surface area (Å²) in [6.07, 6.45) is 0. The normalized spacial score (nSPS) is 10.8. The molecular weight excluding hydrogens is 324 g/mol. The summed E-state index contributed by atoms with van der Waals surface area (Å²) in [5, 5.41) is 11.6. The predicted molar refractivity (Wildman–Crippen MR) is 75.2 cm³/mol. The highest BCUT2D eigenvalue weighted by Gasteiger charge is 2.15. The minimum absolute atomic E-state index is 0.0230. The van der Waals surface area contributed by atoms with Crippen LogP contribution in [0.3, 0.4) is 0 Å². The Hall–Kier alpha value is -1.87. The fourth-order valence-corrected chi connectivity index (χ4v) is 2.60. The Morgan fingerprint density at radius 3 is 2.71 bits per heavy atom. The Kier molecular flexibility index (Phi) is 4.97. The van der Waals surface area contributed by atoms with Gasteiger partial charge in [-0.05, 0) is 24.3 Å². The molecule has 0 saturated carbocycles. The quantitative estimate of drug-likeness (QED) is 0.842. The number of nitrogens with one attached hydrogen (secondary N) is 1. The van der Waals surface area contributed by atoms with Crippen molar-refractivity contribution in [1.82, 2.24) is 0 Å². The number of halogens is 2. The Bertz CT molecular complexity index is 653. The summed E-state index contributed by atoms with van der Waals surface area (Å²) in [6, 6.07) is 5.65. The number of carboxylic acids is 1. The molecule has 9 heteroatoms. The van der Waals surface area contributed by atoms with Crippen LogP contribution in [-0.4, -0.2) is 22.7 Å². The molecule has 0 aliphatic heterocycles. The molecule has 2 heterocycles. The van der Waals surface area contributed by atoms with Gasteiger partial charge in [-0.2, -0.15) is 8.78 Å². The number of hydrogen-bond donors (Lipinski definition) is 2. The first kappa shape index (κ1) is 15.5. The van der Waals surface area contributed by atoms with Crippen LogP contribution < -0.4 is 5.32 Å². The lowest BCUT2D eigenvalue weighted by Gasteiger charge is -1.99. The number of carboxylic acid groups (broad SMARTS) is 1. The van der Waals surface area contributed by atoms with Crippen LogP contribution in [0.5, 0.6) is 0 Å². The Morgan fingerprint density at radius 1 is 1.33 bits per heavy atom. The minimum Gasteiger partial charge on any atom is -0.477 e. The van der Waals surface area contributed by atoms with Crippen molar-refractivity contribution in [2.24, 2.45) is 0 Å². The summed E-state index contributed by atoms with van der Waals surface area (Å²) in [4.78, 5) is 22.7. The first-order valence-electron chi connectivity index (χ1n) is 5.58. The lowest BCUT2D eigenvalue weighted by Crippen LogP contribution is -2.09. The zero-order valence-electron chi connectivity index (χ0n) is 10.3. The highest BCUT2D eigenvalue weighted by Crippen LogP contribution is 2.24. The third-order valence-electron chi connectivity index (χ3n) is 2.29. The van der Waals surface area contributed by atoms with Crippen molar-refractivity contribution in [3.8, 4) is 0 Å². The number of alkyl halides is 2. The van der Waals surface area contributed by atoms with Gasteiger partial charge in [0, 0.05) is 0 Å². The average molecular weight is 333 g/mol. The summed E-state index contributed by atoms with van der Waals surface area (Å²) < 4.78 is 29.2. The Balaban J connectivity index is 1.98. The Morgan fingerprint density at radius 2 is 2.10 bits per heavy atom. The first-order chi connectivity index (χ1) is 9.95. The average Bonchev–Trinajstić information content (AvgIpc) is 3.04. The molecule has 0 aromatic carbocycles. The van der Waals surface area contributed by atoms with Gasteiger partial charge in [-0.25, -0.2) is 4.79 Å². The van der Waals surface area contributed by atoms with E-state index >= 15 is 0 Å². The van der Waals surface area contributed by atoms with E-state index in [1.807, 2.05) is 0 Å². The van der Waals surface area contributed by atoms with Gasteiger partial charge in [0.2, 0.25) is 0 Å². The summed E-state index contributed by atoms with van der Waals surface area (Å²) in [7, 11) is 0. The van der Waals surface area contributed by atoms with Crippen LogP contribution in [0.1, 0.15) is 26.0 Å². The van der Waals surface area contributed by atoms with E-state index in [4.69, 9.17) is 9.52 Å². The van der Waals surface area contributed by atoms with Gasteiger partial charge in [-0.15, -0.1) is 11.3 Å². The summed E-state index contributed by atoms with van der Waals surface area (Å²) >= 11 is 1.31. The number of hydrogen-bond acceptors (Lipinski definition) is 5. The molecule has 5 nitrogen and oxygen atoms in total. The molecule has 0 aliphatic carbocycles. The molecule has 2 aromatic heterocycles. The van der Waals surface area contributed by atoms with Gasteiger partial charge in [0.25, 0.3) is 11.7 Å². The standard InChI is InChI=1S/C12H9F2NO4S2/c13-12(14)20-5-6-1-2-7(19-6)10(16)15-9-4-3-8(21-9)11(17)18/h1-4,12H,5H2,(H,15,16)(H,17,18). The van der Waals surface area contributed by atoms with Crippen LogP contribution in [0.2, 0.25) is 0 Å². The SMILES string of the molecule is O=C(Nc1ccc(C(=O)O)s1)c1ccc(CSC(F)F)o1. The topological polar surface area (TPSA) is 79.5 Å². The number of carbonyl (C=O) groups is 2. The molecule has 1 amide bonds. The number of rotatable bonds is 6. The summed E-state index contributed by atoms with van der Waals surface area (Å²) in [5.74, 6) is -3.94. The van der Waals surface area contributed by atoms with E-state index in [1.165, 1.54) is 24.3 Å². The number of thioether (sulfide) groups is 1. The first-order valence-corrected chi connectivity index (χ1v) is 7.45. The number of thiophene rings is 1. The molecule has 0 spiro atoms. The highest BCUT2D eigenvalue weighted by molar-refractivity contribution is 7.98. The molecule has 0 radical (unpaired) electrons. The van der Waals surface area contributed by atoms with Crippen molar-refractivity contribution in [2.75, 3.05) is 5.32 Å². The molecule has 2 aromatic rings. The predicted octanol–water partition coefficient (Wildman–Crippen LogP) is 3.75. The molecule has 0 unspecified atom stereocenters. The fourth-order valence-electron chi connectivity index (χ4n) is 1.42. The number of amides is 1. The number of aromatic carboxylic acids is 1. The molecule has 0 aliphatic rings. The number of furan rings is 1. The van der Waals surface area contributed by atoms with Crippen LogP contribution in [0.25, 0.3) is 0 Å². The van der Waals surface area contributed by atoms with Crippen LogP contribution >= 0.6 is 23.1 Å². The molecule has 112 valence electrons. The third kappa shape index (κ3) is 4.30. The second kappa shape index (κ2) is 6.72. The van der Waals surface area contributed by atoms with Crippen LogP contribution in [-0.2, 0) is 5.75 Å². The smallest absolute Gasteiger partial charge is 0.345 e. The van der Waals surface area contributed by atoms with Crippen LogP contribution in [0, 0.1) is 0 Å². The number of anilines is 1. The van der Waals surface area contributed by atoms with E-state index < -0.39 is 17.6 Å². The van der Waals surface area contributed by atoms with E-state index in [2.05, 4.69) is 5.32 Å². The maximum Gasteiger partial charge on any atom is 0.345 e. The van der Waals surface area contributed by atoms with Gasteiger partial charge >= 0.3 is 5.97 Å². The van der Waals surface area contributed by atoms with Crippen molar-refractivity contribution in [3.63, 3.8) is 0 Å². The van der Waals surface area contributed by atoms with Crippen LogP contribution in [0.15, 0.2) is 28.7 Å². The second-order valence-corrected chi connectivity index (χ2v) is 5.82. The van der Waals surface area contributed by atoms with E-state index in [9.17, 15) is 18.4 Å². The maximum absolute atomic E-state index is 12.0. The zero-order chi connectivity index (χ0) is 15.4. The van der Waals surface area contributed by atoms with E-state index in [0.29, 0.717) is 16.8 Å². The van der Waals surface area contributed by atoms with Gasteiger partial charge in [0.1, 0.15) is 10.6 Å². The number of carbonyl (C=O) groups excluding carboxylic acids is 1. The lowest BCUT2D eigenvalue weighted by atomic mass is 10.4. The zero-order valence-corrected chi connectivity index (χ0v) is 12.0. The maximum atomic E-state index is 12.0. The summed E-state index contributed by atoms with van der Waals surface area (Å²) in [6.45, 7) is 0. The molecule has 0 saturated heterocycles. The monoisotopic (exact) mass is 333 g/mol. The highest BCUT2D eigenvalue weighted by atomic mass is 32.2. The van der Waals surface area contributed by atoms with Crippen LogP contribution in [0.4, 0.5) is 13.8 Å². The van der Waals surface area contributed by atoms with Gasteiger partial charge in [-0.3, -0.25) is 4.79 Å². The molecule has 21 heavy (non-hydrogen) atoms. The van der Waals surface area contributed by atoms with Crippen molar-refractivity contribution >= 4 is 40.0 Å². The van der Waals surface area contributed by atoms with Gasteiger partial charge < -0.3 is 14.8 Å². The molecule has 0 atom stereocenters. The second-order valence-electron chi connectivity index (χ2n) is 3.76. The van der Waals surface area contributed by atoms with E-state index in [1.54, 1.807) is 0 Å². The van der Waals surface area contributed by atoms with E-state index in [0.717, 1.165) is 11.3 Å². The van der Waals surface area contributed by atoms with Crippen molar-refractivity contribution in [2.45, 2.75) is 11.5 Å². The molecule has 2 N–H and O–H groups in total. The van der Waals surface area contributed by atoms with Crippen molar-refractivity contribution < 1.29 is 27.9 Å². The minimum atomic E-state index is -2.51. The Labute approximate surface area is 126 Å². The third-order valence-corrected chi connectivity index (χ3v) is 3.98. The summed E-state index contributed by atoms with van der Waals surface area (Å²) in [5.41, 5.74) is 0. The van der Waals surface area contributed by atoms with Gasteiger partial charge in [0.05, 0.1) is 10.8 Å². The van der Waals surface area contributed by atoms with Gasteiger partial charge in [-0.1, -0.05) is 11.8 Å². The van der Waals surface area contributed by atoms with Crippen molar-refractivity contribution in [1.29, 1.82) is 0 Å². The molecule has 0 bridgehead atoms. The van der Waals surface area contributed by atoms with Crippen molar-refractivity contribution in [3.05, 3.63) is 40.7 Å². The molecule has 2 rings (SSSR count). The molecular formula is C12H9F2NO4S2. The lowest BCUT2D eigenvalue weighted by molar-refractivity contribution is 0.0702. The van der Waals surface area contributed by atoms with Gasteiger partial charge in [0.15, 0.2) is 5.76 Å². The molecule has 0 fully saturated rings. The largest absolute Gasteiger partial charge is 0.477 e. The van der Waals surface area contributed by atoms with E-state index in [-0.39, 0.29) is 22.2 Å².